The van der Waals surface area contributed by atoms with Crippen molar-refractivity contribution in [2.45, 2.75) is 44.3 Å². The zero-order valence-electron chi connectivity index (χ0n) is 16.0. The molecule has 0 radical (unpaired) electrons. The van der Waals surface area contributed by atoms with Crippen molar-refractivity contribution in [3.63, 3.8) is 0 Å². The SMILES string of the molecule is O=C(NCC(c1ccco1)N1CCCC1)C1CCC(=O)N1Cc1ccccc1. The topological polar surface area (TPSA) is 65.8 Å². The lowest BCUT2D eigenvalue weighted by molar-refractivity contribution is -0.135. The van der Waals surface area contributed by atoms with E-state index in [-0.39, 0.29) is 17.9 Å². The number of nitrogens with one attached hydrogen (secondary N) is 1. The summed E-state index contributed by atoms with van der Waals surface area (Å²) in [6, 6.07) is 13.3. The first-order chi connectivity index (χ1) is 13.7. The molecule has 1 aromatic carbocycles. The molecular formula is C22H27N3O3. The van der Waals surface area contributed by atoms with Crippen LogP contribution in [0.15, 0.2) is 53.1 Å². The second kappa shape index (κ2) is 8.61. The molecule has 2 aromatic rings. The highest BCUT2D eigenvalue weighted by atomic mass is 16.3. The molecule has 6 heteroatoms. The summed E-state index contributed by atoms with van der Waals surface area (Å²) in [5, 5.41) is 3.09. The first kappa shape index (κ1) is 18.7. The van der Waals surface area contributed by atoms with Gasteiger partial charge >= 0.3 is 0 Å². The van der Waals surface area contributed by atoms with Crippen molar-refractivity contribution in [2.75, 3.05) is 19.6 Å². The molecule has 2 atom stereocenters. The van der Waals surface area contributed by atoms with Gasteiger partial charge in [-0.1, -0.05) is 30.3 Å². The Morgan fingerprint density at radius 1 is 1.14 bits per heavy atom. The Labute approximate surface area is 165 Å². The molecule has 0 bridgehead atoms. The van der Waals surface area contributed by atoms with E-state index in [0.29, 0.717) is 25.9 Å². The predicted molar refractivity (Wildman–Crippen MR) is 105 cm³/mol. The van der Waals surface area contributed by atoms with Gasteiger partial charge in [0, 0.05) is 19.5 Å². The molecular weight excluding hydrogens is 354 g/mol. The summed E-state index contributed by atoms with van der Waals surface area (Å²) in [7, 11) is 0. The summed E-state index contributed by atoms with van der Waals surface area (Å²) in [6.07, 6.45) is 5.03. The highest BCUT2D eigenvalue weighted by molar-refractivity contribution is 5.90. The van der Waals surface area contributed by atoms with Gasteiger partial charge in [0.2, 0.25) is 11.8 Å². The molecule has 0 saturated carbocycles. The van der Waals surface area contributed by atoms with Crippen molar-refractivity contribution in [1.82, 2.24) is 15.1 Å². The average Bonchev–Trinajstić information content (AvgIpc) is 3.47. The lowest BCUT2D eigenvalue weighted by atomic mass is 10.1. The molecule has 2 aliphatic rings. The molecule has 1 aromatic heterocycles. The molecule has 1 N–H and O–H groups in total. The smallest absolute Gasteiger partial charge is 0.242 e. The van der Waals surface area contributed by atoms with Crippen LogP contribution in [0.2, 0.25) is 0 Å². The quantitative estimate of drug-likeness (QED) is 0.801. The van der Waals surface area contributed by atoms with E-state index in [9.17, 15) is 9.59 Å². The van der Waals surface area contributed by atoms with Crippen LogP contribution < -0.4 is 5.32 Å². The van der Waals surface area contributed by atoms with Crippen molar-refractivity contribution < 1.29 is 14.0 Å². The normalized spacial score (nSPS) is 21.2. The number of benzene rings is 1. The lowest BCUT2D eigenvalue weighted by Crippen LogP contribution is -2.46. The molecule has 4 rings (SSSR count). The molecule has 0 aliphatic carbocycles. The van der Waals surface area contributed by atoms with Crippen LogP contribution in [-0.2, 0) is 16.1 Å². The Kier molecular flexibility index (Phi) is 5.76. The number of carbonyl (C=O) groups excluding carboxylic acids is 2. The highest BCUT2D eigenvalue weighted by Crippen LogP contribution is 2.26. The van der Waals surface area contributed by atoms with Crippen LogP contribution >= 0.6 is 0 Å². The molecule has 148 valence electrons. The van der Waals surface area contributed by atoms with Crippen molar-refractivity contribution in [3.8, 4) is 0 Å². The highest BCUT2D eigenvalue weighted by Gasteiger charge is 2.36. The second-order valence-electron chi connectivity index (χ2n) is 7.58. The minimum absolute atomic E-state index is 0.0427. The Bertz CT molecular complexity index is 785. The van der Waals surface area contributed by atoms with Crippen molar-refractivity contribution in [3.05, 3.63) is 60.1 Å². The number of rotatable bonds is 7. The molecule has 6 nitrogen and oxygen atoms in total. The minimum Gasteiger partial charge on any atom is -0.468 e. The number of carbonyl (C=O) groups is 2. The van der Waals surface area contributed by atoms with Crippen LogP contribution in [0.4, 0.5) is 0 Å². The first-order valence-corrected chi connectivity index (χ1v) is 10.1. The summed E-state index contributed by atoms with van der Waals surface area (Å²) in [5.74, 6) is 0.856. The molecule has 2 saturated heterocycles. The van der Waals surface area contributed by atoms with Gasteiger partial charge in [0.15, 0.2) is 0 Å². The molecule has 0 spiro atoms. The molecule has 2 amide bonds. The van der Waals surface area contributed by atoms with Crippen LogP contribution in [-0.4, -0.2) is 47.3 Å². The van der Waals surface area contributed by atoms with Crippen molar-refractivity contribution >= 4 is 11.8 Å². The van der Waals surface area contributed by atoms with Gasteiger partial charge in [-0.05, 0) is 50.0 Å². The van der Waals surface area contributed by atoms with Gasteiger partial charge in [-0.3, -0.25) is 14.5 Å². The van der Waals surface area contributed by atoms with E-state index < -0.39 is 6.04 Å². The third kappa shape index (κ3) is 4.12. The van der Waals surface area contributed by atoms with Crippen LogP contribution in [0.1, 0.15) is 43.0 Å². The largest absolute Gasteiger partial charge is 0.468 e. The fraction of sp³-hybridized carbons (Fsp3) is 0.455. The zero-order valence-corrected chi connectivity index (χ0v) is 16.0. The number of furan rings is 1. The van der Waals surface area contributed by atoms with E-state index in [1.807, 2.05) is 42.5 Å². The first-order valence-electron chi connectivity index (χ1n) is 10.1. The molecule has 2 fully saturated rings. The standard InChI is InChI=1S/C22H27N3O3/c26-21-11-10-18(25(21)16-17-7-2-1-3-8-17)22(27)23-15-19(20-9-6-14-28-20)24-12-4-5-13-24/h1-3,6-9,14,18-19H,4-5,10-13,15-16H2,(H,23,27). The molecule has 28 heavy (non-hydrogen) atoms. The number of nitrogens with zero attached hydrogens (tertiary/aromatic N) is 2. The summed E-state index contributed by atoms with van der Waals surface area (Å²) in [4.78, 5) is 29.3. The zero-order chi connectivity index (χ0) is 19.3. The maximum atomic E-state index is 12.9. The number of hydrogen-bond acceptors (Lipinski definition) is 4. The molecule has 2 unspecified atom stereocenters. The van der Waals surface area contributed by atoms with Gasteiger partial charge < -0.3 is 14.6 Å². The fourth-order valence-electron chi connectivity index (χ4n) is 4.24. The van der Waals surface area contributed by atoms with E-state index in [1.165, 1.54) is 12.8 Å². The van der Waals surface area contributed by atoms with Gasteiger partial charge in [0.25, 0.3) is 0 Å². The number of hydrogen-bond donors (Lipinski definition) is 1. The molecule has 3 heterocycles. The van der Waals surface area contributed by atoms with Gasteiger partial charge in [-0.15, -0.1) is 0 Å². The van der Waals surface area contributed by atoms with Gasteiger partial charge in [0.1, 0.15) is 11.8 Å². The van der Waals surface area contributed by atoms with E-state index in [1.54, 1.807) is 11.2 Å². The fourth-order valence-corrected chi connectivity index (χ4v) is 4.24. The summed E-state index contributed by atoms with van der Waals surface area (Å²) >= 11 is 0. The van der Waals surface area contributed by atoms with E-state index >= 15 is 0 Å². The maximum absolute atomic E-state index is 12.9. The van der Waals surface area contributed by atoms with Gasteiger partial charge in [-0.25, -0.2) is 0 Å². The third-order valence-electron chi connectivity index (χ3n) is 5.75. The Hall–Kier alpha value is -2.60. The number of amides is 2. The van der Waals surface area contributed by atoms with Crippen LogP contribution in [0.3, 0.4) is 0 Å². The summed E-state index contributed by atoms with van der Waals surface area (Å²) in [5.41, 5.74) is 1.04. The van der Waals surface area contributed by atoms with E-state index in [4.69, 9.17) is 4.42 Å². The third-order valence-corrected chi connectivity index (χ3v) is 5.75. The summed E-state index contributed by atoms with van der Waals surface area (Å²) in [6.45, 7) is 3.01. The van der Waals surface area contributed by atoms with Gasteiger partial charge in [-0.2, -0.15) is 0 Å². The van der Waals surface area contributed by atoms with Crippen LogP contribution in [0.5, 0.6) is 0 Å². The molecule has 2 aliphatic heterocycles. The maximum Gasteiger partial charge on any atom is 0.242 e. The second-order valence-corrected chi connectivity index (χ2v) is 7.58. The predicted octanol–water partition coefficient (Wildman–Crippen LogP) is 2.72. The van der Waals surface area contributed by atoms with Crippen molar-refractivity contribution in [2.24, 2.45) is 0 Å². The van der Waals surface area contributed by atoms with Crippen LogP contribution in [0, 0.1) is 0 Å². The summed E-state index contributed by atoms with van der Waals surface area (Å²) < 4.78 is 5.63. The minimum atomic E-state index is -0.400. The average molecular weight is 381 g/mol. The van der Waals surface area contributed by atoms with Crippen molar-refractivity contribution in [1.29, 1.82) is 0 Å². The monoisotopic (exact) mass is 381 g/mol. The Morgan fingerprint density at radius 2 is 1.93 bits per heavy atom. The van der Waals surface area contributed by atoms with E-state index in [2.05, 4.69) is 10.2 Å². The van der Waals surface area contributed by atoms with E-state index in [0.717, 1.165) is 24.4 Å². The van der Waals surface area contributed by atoms with Crippen LogP contribution in [0.25, 0.3) is 0 Å². The van der Waals surface area contributed by atoms with Gasteiger partial charge in [0.05, 0.1) is 12.3 Å². The lowest BCUT2D eigenvalue weighted by Gasteiger charge is -2.28. The Morgan fingerprint density at radius 3 is 2.64 bits per heavy atom. The number of likely N-dealkylation sites (tertiary alicyclic amines) is 2. The Balaban J connectivity index is 1.40.